The SMILES string of the molecule is CC(C)/C(Cc1ccc(-c2ccc3c(c2)CCN3C)cc1)=N\O. The summed E-state index contributed by atoms with van der Waals surface area (Å²) < 4.78 is 0. The molecule has 2 aromatic rings. The third-order valence-corrected chi connectivity index (χ3v) is 4.67. The van der Waals surface area contributed by atoms with Gasteiger partial charge < -0.3 is 10.1 Å². The first-order valence-corrected chi connectivity index (χ1v) is 8.22. The molecule has 1 N–H and O–H groups in total. The lowest BCUT2D eigenvalue weighted by Gasteiger charge is -2.12. The Hall–Kier alpha value is -2.29. The molecule has 0 saturated carbocycles. The molecule has 23 heavy (non-hydrogen) atoms. The lowest BCUT2D eigenvalue weighted by Crippen LogP contribution is -2.12. The summed E-state index contributed by atoms with van der Waals surface area (Å²) in [6, 6.07) is 15.3. The van der Waals surface area contributed by atoms with Gasteiger partial charge in [-0.05, 0) is 46.7 Å². The summed E-state index contributed by atoms with van der Waals surface area (Å²) in [5, 5.41) is 12.5. The highest BCUT2D eigenvalue weighted by Gasteiger charge is 2.16. The van der Waals surface area contributed by atoms with Crippen LogP contribution < -0.4 is 4.90 Å². The quantitative estimate of drug-likeness (QED) is 0.517. The van der Waals surface area contributed by atoms with Crippen LogP contribution in [0.3, 0.4) is 0 Å². The van der Waals surface area contributed by atoms with Crippen LogP contribution in [-0.4, -0.2) is 24.5 Å². The van der Waals surface area contributed by atoms with Crippen LogP contribution in [-0.2, 0) is 12.8 Å². The average Bonchev–Trinajstić information content (AvgIpc) is 2.93. The predicted molar refractivity (Wildman–Crippen MR) is 96.6 cm³/mol. The van der Waals surface area contributed by atoms with Gasteiger partial charge in [0.1, 0.15) is 0 Å². The van der Waals surface area contributed by atoms with E-state index in [4.69, 9.17) is 5.21 Å². The summed E-state index contributed by atoms with van der Waals surface area (Å²) in [4.78, 5) is 2.31. The molecule has 0 fully saturated rings. The van der Waals surface area contributed by atoms with Gasteiger partial charge in [-0.15, -0.1) is 0 Å². The van der Waals surface area contributed by atoms with Crippen LogP contribution in [0.25, 0.3) is 11.1 Å². The summed E-state index contributed by atoms with van der Waals surface area (Å²) in [5.74, 6) is 0.258. The Labute approximate surface area is 138 Å². The van der Waals surface area contributed by atoms with Crippen molar-refractivity contribution in [2.24, 2.45) is 11.1 Å². The summed E-state index contributed by atoms with van der Waals surface area (Å²) in [6.07, 6.45) is 1.83. The molecular weight excluding hydrogens is 284 g/mol. The first kappa shape index (κ1) is 15.6. The molecular formula is C20H24N2O. The Balaban J connectivity index is 1.80. The van der Waals surface area contributed by atoms with E-state index in [0.717, 1.165) is 18.7 Å². The van der Waals surface area contributed by atoms with Crippen molar-refractivity contribution in [2.75, 3.05) is 18.5 Å². The maximum atomic E-state index is 9.09. The second kappa shape index (κ2) is 6.45. The molecule has 0 amide bonds. The minimum absolute atomic E-state index is 0.258. The fourth-order valence-electron chi connectivity index (χ4n) is 3.13. The van der Waals surface area contributed by atoms with Crippen LogP contribution in [0, 0.1) is 5.92 Å². The molecule has 120 valence electrons. The van der Waals surface area contributed by atoms with E-state index in [1.807, 2.05) is 13.8 Å². The minimum atomic E-state index is 0.258. The van der Waals surface area contributed by atoms with E-state index < -0.39 is 0 Å². The number of benzene rings is 2. The lowest BCUT2D eigenvalue weighted by atomic mass is 9.97. The Morgan fingerprint density at radius 1 is 1.13 bits per heavy atom. The number of anilines is 1. The van der Waals surface area contributed by atoms with Crippen molar-refractivity contribution in [3.8, 4) is 11.1 Å². The van der Waals surface area contributed by atoms with Crippen LogP contribution in [0.15, 0.2) is 47.6 Å². The molecule has 0 atom stereocenters. The second-order valence-corrected chi connectivity index (χ2v) is 6.63. The van der Waals surface area contributed by atoms with Crippen molar-refractivity contribution < 1.29 is 5.21 Å². The number of rotatable bonds is 4. The fourth-order valence-corrected chi connectivity index (χ4v) is 3.13. The normalized spacial score (nSPS) is 14.4. The predicted octanol–water partition coefficient (Wildman–Crippen LogP) is 4.37. The molecule has 1 aliphatic heterocycles. The van der Waals surface area contributed by atoms with E-state index in [2.05, 4.69) is 59.6 Å². The van der Waals surface area contributed by atoms with Gasteiger partial charge in [0.2, 0.25) is 0 Å². The standard InChI is InChI=1S/C20H24N2O/c1-14(2)19(21-23)12-15-4-6-16(7-5-15)17-8-9-20-18(13-17)10-11-22(20)3/h4-9,13-14,23H,10-12H2,1-3H3/b21-19-. The summed E-state index contributed by atoms with van der Waals surface area (Å²) >= 11 is 0. The van der Waals surface area contributed by atoms with Gasteiger partial charge in [-0.25, -0.2) is 0 Å². The van der Waals surface area contributed by atoms with Gasteiger partial charge in [-0.1, -0.05) is 49.3 Å². The van der Waals surface area contributed by atoms with E-state index in [-0.39, 0.29) is 5.92 Å². The van der Waals surface area contributed by atoms with Gasteiger partial charge in [-0.3, -0.25) is 0 Å². The van der Waals surface area contributed by atoms with E-state index >= 15 is 0 Å². The van der Waals surface area contributed by atoms with Crippen LogP contribution in [0.1, 0.15) is 25.0 Å². The summed E-state index contributed by atoms with van der Waals surface area (Å²) in [5.41, 5.74) is 7.28. The zero-order chi connectivity index (χ0) is 16.4. The summed E-state index contributed by atoms with van der Waals surface area (Å²) in [6.45, 7) is 5.20. The molecule has 0 unspecified atom stereocenters. The van der Waals surface area contributed by atoms with E-state index in [0.29, 0.717) is 6.42 Å². The Morgan fingerprint density at radius 3 is 2.48 bits per heavy atom. The van der Waals surface area contributed by atoms with Crippen LogP contribution in [0.5, 0.6) is 0 Å². The minimum Gasteiger partial charge on any atom is -0.411 e. The van der Waals surface area contributed by atoms with E-state index in [9.17, 15) is 0 Å². The molecule has 3 nitrogen and oxygen atoms in total. The van der Waals surface area contributed by atoms with Gasteiger partial charge in [-0.2, -0.15) is 0 Å². The Kier molecular flexibility index (Phi) is 4.37. The molecule has 0 bridgehead atoms. The number of hydrogen-bond acceptors (Lipinski definition) is 3. The fraction of sp³-hybridized carbons (Fsp3) is 0.350. The molecule has 0 radical (unpaired) electrons. The molecule has 2 aromatic carbocycles. The third kappa shape index (κ3) is 3.24. The number of nitrogens with zero attached hydrogens (tertiary/aromatic N) is 2. The first-order valence-electron chi connectivity index (χ1n) is 8.22. The van der Waals surface area contributed by atoms with Crippen molar-refractivity contribution in [1.82, 2.24) is 0 Å². The van der Waals surface area contributed by atoms with Crippen LogP contribution in [0.2, 0.25) is 0 Å². The zero-order valence-electron chi connectivity index (χ0n) is 14.1. The molecule has 1 heterocycles. The van der Waals surface area contributed by atoms with Gasteiger partial charge in [0.15, 0.2) is 0 Å². The molecule has 3 heteroatoms. The molecule has 1 aliphatic rings. The van der Waals surface area contributed by atoms with Crippen molar-refractivity contribution in [3.05, 3.63) is 53.6 Å². The maximum Gasteiger partial charge on any atom is 0.0639 e. The van der Waals surface area contributed by atoms with Gasteiger partial charge >= 0.3 is 0 Å². The summed E-state index contributed by atoms with van der Waals surface area (Å²) in [7, 11) is 2.15. The van der Waals surface area contributed by atoms with Gasteiger partial charge in [0.05, 0.1) is 5.71 Å². The van der Waals surface area contributed by atoms with Crippen molar-refractivity contribution in [1.29, 1.82) is 0 Å². The molecule has 0 spiro atoms. The number of fused-ring (bicyclic) bond motifs is 1. The highest BCUT2D eigenvalue weighted by Crippen LogP contribution is 2.31. The highest BCUT2D eigenvalue weighted by molar-refractivity contribution is 5.87. The first-order chi connectivity index (χ1) is 11.1. The largest absolute Gasteiger partial charge is 0.411 e. The number of hydrogen-bond donors (Lipinski definition) is 1. The Morgan fingerprint density at radius 2 is 1.83 bits per heavy atom. The van der Waals surface area contributed by atoms with Crippen molar-refractivity contribution in [3.63, 3.8) is 0 Å². The lowest BCUT2D eigenvalue weighted by molar-refractivity contribution is 0.314. The van der Waals surface area contributed by atoms with E-state index in [1.54, 1.807) is 0 Å². The average molecular weight is 308 g/mol. The topological polar surface area (TPSA) is 35.8 Å². The van der Waals surface area contributed by atoms with Gasteiger partial charge in [0.25, 0.3) is 0 Å². The van der Waals surface area contributed by atoms with Gasteiger partial charge in [0, 0.05) is 25.7 Å². The molecule has 3 rings (SSSR count). The Bertz CT molecular complexity index is 717. The van der Waals surface area contributed by atoms with Crippen molar-refractivity contribution in [2.45, 2.75) is 26.7 Å². The molecule has 0 aliphatic carbocycles. The monoisotopic (exact) mass is 308 g/mol. The molecule has 0 aromatic heterocycles. The second-order valence-electron chi connectivity index (χ2n) is 6.63. The number of likely N-dealkylation sites (N-methyl/N-ethyl adjacent to an activating group) is 1. The molecule has 0 saturated heterocycles. The smallest absolute Gasteiger partial charge is 0.0639 e. The third-order valence-electron chi connectivity index (χ3n) is 4.67. The maximum absolute atomic E-state index is 9.09. The highest BCUT2D eigenvalue weighted by atomic mass is 16.4. The number of oxime groups is 1. The van der Waals surface area contributed by atoms with Crippen molar-refractivity contribution >= 4 is 11.4 Å². The van der Waals surface area contributed by atoms with Crippen LogP contribution >= 0.6 is 0 Å². The zero-order valence-corrected chi connectivity index (χ0v) is 14.1. The van der Waals surface area contributed by atoms with Crippen LogP contribution in [0.4, 0.5) is 5.69 Å². The van der Waals surface area contributed by atoms with E-state index in [1.165, 1.54) is 27.9 Å².